The monoisotopic (exact) mass is 809 g/mol. The van der Waals surface area contributed by atoms with Gasteiger partial charge in [-0.1, -0.05) is 77.8 Å². The maximum absolute atomic E-state index is 14.3. The number of rotatable bonds is 13. The van der Waals surface area contributed by atoms with Crippen molar-refractivity contribution in [2.45, 2.75) is 145 Å². The number of likely N-dealkylation sites (N-methyl/N-ethyl adjacent to an activating group) is 1. The Kier molecular flexibility index (Phi) is 12.2. The highest BCUT2D eigenvalue weighted by molar-refractivity contribution is 6.30. The van der Waals surface area contributed by atoms with Crippen molar-refractivity contribution in [3.63, 3.8) is 0 Å². The molecule has 2 N–H and O–H groups in total. The molecule has 0 aliphatic heterocycles. The summed E-state index contributed by atoms with van der Waals surface area (Å²) in [7, 11) is 4.17. The first-order chi connectivity index (χ1) is 26.4. The van der Waals surface area contributed by atoms with Crippen LogP contribution in [0.15, 0.2) is 35.4 Å². The molecule has 57 heavy (non-hydrogen) atoms. The number of carbonyl (C=O) groups excluding carboxylic acids is 2. The van der Waals surface area contributed by atoms with Crippen LogP contribution in [0.4, 0.5) is 0 Å². The average Bonchev–Trinajstić information content (AvgIpc) is 3.42. The van der Waals surface area contributed by atoms with Crippen LogP contribution < -0.4 is 0 Å². The number of hydrogen-bond acceptors (Lipinski definition) is 7. The first-order valence-corrected chi connectivity index (χ1v) is 22.3. The third-order valence-corrected chi connectivity index (χ3v) is 17.4. The first-order valence-electron chi connectivity index (χ1n) is 21.9. The summed E-state index contributed by atoms with van der Waals surface area (Å²) in [4.78, 5) is 43.8. The van der Waals surface area contributed by atoms with Crippen molar-refractivity contribution in [3.05, 3.63) is 46.0 Å². The molecule has 1 aromatic carbocycles. The van der Waals surface area contributed by atoms with Gasteiger partial charge in [0.25, 0.3) is 0 Å². The van der Waals surface area contributed by atoms with E-state index in [1.54, 1.807) is 13.8 Å². The largest absolute Gasteiger partial charge is 0.481 e. The number of nitrogens with zero attached hydrogens (tertiary/aromatic N) is 2. The highest BCUT2D eigenvalue weighted by Crippen LogP contribution is 2.77. The third-order valence-electron chi connectivity index (χ3n) is 17.1. The van der Waals surface area contributed by atoms with E-state index in [4.69, 9.17) is 16.3 Å². The van der Waals surface area contributed by atoms with Crippen LogP contribution in [-0.4, -0.2) is 83.7 Å². The molecule has 5 aliphatic carbocycles. The van der Waals surface area contributed by atoms with Crippen molar-refractivity contribution < 1.29 is 29.3 Å². The number of halogens is 1. The van der Waals surface area contributed by atoms with Gasteiger partial charge in [0.2, 0.25) is 0 Å². The quantitative estimate of drug-likeness (QED) is 0.190. The zero-order chi connectivity index (χ0) is 42.1. The van der Waals surface area contributed by atoms with E-state index in [9.17, 15) is 24.6 Å². The summed E-state index contributed by atoms with van der Waals surface area (Å²) >= 11 is 6.24. The Bertz CT molecular complexity index is 1740. The molecule has 0 aromatic heterocycles. The SMILES string of the molecule is CC(C)C1=C2[C@H]3CC[C@@H]4[C@@]5(C)CC[C@H](OC(=O)CC(C)(C)C(=O)O)C(C)(C)[C@@H]5CC[C@@]4(C)[C@]3(C)CCC2([C@@H](O)CN(CCN(C)C)Cc2ccc(Cl)cc2)CC1=O. The van der Waals surface area contributed by atoms with E-state index in [0.29, 0.717) is 36.4 Å². The van der Waals surface area contributed by atoms with Crippen molar-refractivity contribution in [2.24, 2.45) is 56.2 Å². The summed E-state index contributed by atoms with van der Waals surface area (Å²) in [6.07, 6.45) is 7.13. The van der Waals surface area contributed by atoms with Gasteiger partial charge in [0.1, 0.15) is 6.10 Å². The third kappa shape index (κ3) is 7.58. The number of carboxylic acid groups (broad SMARTS) is 1. The Morgan fingerprint density at radius 3 is 2.19 bits per heavy atom. The molecule has 8 nitrogen and oxygen atoms in total. The Labute approximate surface area is 348 Å². The standard InChI is InChI=1S/C48H73ClN2O6/c1-30(2)40-34(52)26-48(37(53)29-51(25-24-50(10)11)28-31-12-14-32(49)15-13-31)23-22-46(8)33(41(40)48)16-17-36-45(7)20-19-38(57-39(54)27-43(3,4)42(55)56)44(5,6)35(45)18-21-47(36,46)9/h12-15,30,33,35-38,53H,16-29H2,1-11H3,(H,55,56)/t33-,35+,36-,37+,38+,45+,46-,47-,48?/m1/s1. The molecule has 6 rings (SSSR count). The van der Waals surface area contributed by atoms with Crippen LogP contribution in [-0.2, 0) is 25.7 Å². The van der Waals surface area contributed by atoms with Crippen molar-refractivity contribution >= 4 is 29.3 Å². The zero-order valence-electron chi connectivity index (χ0n) is 37.0. The molecule has 9 heteroatoms. The number of fused-ring (bicyclic) bond motifs is 7. The number of aliphatic carboxylic acids is 1. The maximum Gasteiger partial charge on any atom is 0.309 e. The number of Topliss-reactive ketones (excluding diaryl/α,β-unsaturated/α-hetero) is 1. The lowest BCUT2D eigenvalue weighted by atomic mass is 9.33. The fraction of sp³-hybridized carbons (Fsp3) is 0.771. The molecule has 4 saturated carbocycles. The smallest absolute Gasteiger partial charge is 0.309 e. The molecule has 0 radical (unpaired) electrons. The molecule has 1 aromatic rings. The highest BCUT2D eigenvalue weighted by Gasteiger charge is 2.71. The van der Waals surface area contributed by atoms with Gasteiger partial charge in [0.15, 0.2) is 5.78 Å². The van der Waals surface area contributed by atoms with Crippen molar-refractivity contribution in [1.29, 1.82) is 0 Å². The number of aliphatic hydroxyl groups excluding tert-OH is 1. The van der Waals surface area contributed by atoms with Crippen LogP contribution in [0.25, 0.3) is 0 Å². The lowest BCUT2D eigenvalue weighted by molar-refractivity contribution is -0.235. The highest BCUT2D eigenvalue weighted by atomic mass is 35.5. The summed E-state index contributed by atoms with van der Waals surface area (Å²) in [5, 5.41) is 23.0. The molecule has 4 fully saturated rings. The fourth-order valence-corrected chi connectivity index (χ4v) is 13.9. The van der Waals surface area contributed by atoms with Crippen molar-refractivity contribution in [1.82, 2.24) is 9.80 Å². The summed E-state index contributed by atoms with van der Waals surface area (Å²) in [6, 6.07) is 8.00. The van der Waals surface area contributed by atoms with E-state index < -0.39 is 28.9 Å². The molecular formula is C48H73ClN2O6. The second-order valence-corrected chi connectivity index (χ2v) is 22.2. The molecular weight excluding hydrogens is 736 g/mol. The minimum atomic E-state index is -1.17. The predicted molar refractivity (Wildman–Crippen MR) is 227 cm³/mol. The van der Waals surface area contributed by atoms with Gasteiger partial charge in [-0.25, -0.2) is 0 Å². The first kappa shape index (κ1) is 44.3. The van der Waals surface area contributed by atoms with Gasteiger partial charge < -0.3 is 19.8 Å². The number of benzene rings is 1. The predicted octanol–water partition coefficient (Wildman–Crippen LogP) is 9.46. The normalized spacial score (nSPS) is 35.5. The molecule has 0 amide bonds. The number of hydrogen-bond donors (Lipinski definition) is 2. The summed E-state index contributed by atoms with van der Waals surface area (Å²) in [5.41, 5.74) is 1.54. The minimum absolute atomic E-state index is 0.0308. The average molecular weight is 810 g/mol. The van der Waals surface area contributed by atoms with Crippen LogP contribution in [0.5, 0.6) is 0 Å². The molecule has 0 spiro atoms. The van der Waals surface area contributed by atoms with Crippen molar-refractivity contribution in [3.8, 4) is 0 Å². The van der Waals surface area contributed by atoms with Crippen LogP contribution in [0.1, 0.15) is 132 Å². The zero-order valence-corrected chi connectivity index (χ0v) is 37.7. The Morgan fingerprint density at radius 2 is 1.58 bits per heavy atom. The number of allylic oxidation sites excluding steroid dienone is 1. The number of esters is 1. The van der Waals surface area contributed by atoms with Gasteiger partial charge in [-0.05, 0) is 142 Å². The second-order valence-electron chi connectivity index (χ2n) is 21.7. The molecule has 1 unspecified atom stereocenters. The lowest BCUT2D eigenvalue weighted by Crippen LogP contribution is -2.66. The van der Waals surface area contributed by atoms with Gasteiger partial charge >= 0.3 is 11.9 Å². The van der Waals surface area contributed by atoms with Gasteiger partial charge in [-0.3, -0.25) is 19.3 Å². The summed E-state index contributed by atoms with van der Waals surface area (Å²) in [5.74, 6) is 0.00261. The van der Waals surface area contributed by atoms with Crippen LogP contribution >= 0.6 is 11.6 Å². The Hall–Kier alpha value is -2.26. The van der Waals surface area contributed by atoms with E-state index in [1.165, 1.54) is 5.57 Å². The number of ether oxygens (including phenoxy) is 1. The topological polar surface area (TPSA) is 107 Å². The number of carbonyl (C=O) groups is 3. The molecule has 318 valence electrons. The maximum atomic E-state index is 14.3. The van der Waals surface area contributed by atoms with Crippen molar-refractivity contribution in [2.75, 3.05) is 33.7 Å². The van der Waals surface area contributed by atoms with Gasteiger partial charge in [0.05, 0.1) is 17.9 Å². The Morgan fingerprint density at radius 1 is 0.912 bits per heavy atom. The number of carboxylic acids is 1. The van der Waals surface area contributed by atoms with Crippen LogP contribution in [0.3, 0.4) is 0 Å². The minimum Gasteiger partial charge on any atom is -0.481 e. The van der Waals surface area contributed by atoms with Crippen LogP contribution in [0.2, 0.25) is 5.02 Å². The molecule has 0 bridgehead atoms. The molecule has 0 heterocycles. The molecule has 0 saturated heterocycles. The molecule has 5 aliphatic rings. The van der Waals surface area contributed by atoms with E-state index in [2.05, 4.69) is 84.5 Å². The van der Waals surface area contributed by atoms with Gasteiger partial charge in [-0.2, -0.15) is 0 Å². The lowest BCUT2D eigenvalue weighted by Gasteiger charge is -2.72. The van der Waals surface area contributed by atoms with Crippen LogP contribution in [0, 0.1) is 56.2 Å². The fourth-order valence-electron chi connectivity index (χ4n) is 13.8. The second kappa shape index (κ2) is 15.6. The van der Waals surface area contributed by atoms with Gasteiger partial charge in [-0.15, -0.1) is 0 Å². The van der Waals surface area contributed by atoms with E-state index in [0.717, 1.165) is 75.6 Å². The van der Waals surface area contributed by atoms with E-state index in [1.807, 2.05) is 12.1 Å². The summed E-state index contributed by atoms with van der Waals surface area (Å²) in [6.45, 7) is 22.6. The molecule has 9 atom stereocenters. The number of ketones is 1. The van der Waals surface area contributed by atoms with E-state index >= 15 is 0 Å². The number of aliphatic hydroxyl groups is 1. The Balaban J connectivity index is 1.29. The van der Waals surface area contributed by atoms with E-state index in [-0.39, 0.29) is 51.8 Å². The summed E-state index contributed by atoms with van der Waals surface area (Å²) < 4.78 is 6.20. The van der Waals surface area contributed by atoms with Gasteiger partial charge in [0, 0.05) is 48.5 Å².